The molecule has 1 heterocycles. The Morgan fingerprint density at radius 1 is 1.29 bits per heavy atom. The van der Waals surface area contributed by atoms with E-state index in [9.17, 15) is 9.18 Å². The number of amides is 1. The third-order valence-corrected chi connectivity index (χ3v) is 3.85. The van der Waals surface area contributed by atoms with Crippen molar-refractivity contribution in [1.29, 1.82) is 0 Å². The largest absolute Gasteiger partial charge is 0.426 e. The molecule has 0 aromatic heterocycles. The summed E-state index contributed by atoms with van der Waals surface area (Å²) in [5.74, 6) is -0.643. The lowest BCUT2D eigenvalue weighted by molar-refractivity contribution is 0.106. The zero-order valence-electron chi connectivity index (χ0n) is 11.5. The molecule has 3 atom stereocenters. The van der Waals surface area contributed by atoms with Crippen LogP contribution in [0.2, 0.25) is 0 Å². The van der Waals surface area contributed by atoms with Crippen LogP contribution in [0.5, 0.6) is 0 Å². The van der Waals surface area contributed by atoms with E-state index in [-0.39, 0.29) is 11.7 Å². The summed E-state index contributed by atoms with van der Waals surface area (Å²) in [5, 5.41) is 1.76. The van der Waals surface area contributed by atoms with E-state index in [1.54, 1.807) is 6.07 Å². The molecule has 1 aliphatic heterocycles. The third kappa shape index (κ3) is 2.43. The normalized spacial score (nSPS) is 20.9. The van der Waals surface area contributed by atoms with E-state index in [0.29, 0.717) is 5.56 Å². The van der Waals surface area contributed by atoms with Gasteiger partial charge in [-0.2, -0.15) is 5.43 Å². The zero-order valence-corrected chi connectivity index (χ0v) is 11.5. The van der Waals surface area contributed by atoms with E-state index in [0.717, 1.165) is 10.8 Å². The molecular weight excluding hydrogens is 273 g/mol. The summed E-state index contributed by atoms with van der Waals surface area (Å²) in [6, 6.07) is 10.1. The monoisotopic (exact) mass is 289 g/mol. The van der Waals surface area contributed by atoms with Crippen molar-refractivity contribution in [2.45, 2.75) is 25.1 Å². The molecule has 0 bridgehead atoms. The number of nitrogens with one attached hydrogen (secondary N) is 2. The summed E-state index contributed by atoms with van der Waals surface area (Å²) in [6.07, 6.45) is -1.27. The molecule has 2 aromatic carbocycles. The molecule has 1 amide bonds. The van der Waals surface area contributed by atoms with Crippen LogP contribution in [-0.4, -0.2) is 18.4 Å². The number of fused-ring (bicyclic) bond motifs is 1. The maximum Gasteiger partial charge on any atom is 0.423 e. The van der Waals surface area contributed by atoms with Gasteiger partial charge in [-0.05, 0) is 16.8 Å². The average Bonchev–Trinajstić information content (AvgIpc) is 2.92. The molecule has 5 nitrogen and oxygen atoms in total. The van der Waals surface area contributed by atoms with E-state index in [1.165, 1.54) is 6.07 Å². The summed E-state index contributed by atoms with van der Waals surface area (Å²) in [6.45, 7) is 1.82. The molecule has 0 spiro atoms. The van der Waals surface area contributed by atoms with E-state index in [2.05, 4.69) is 10.9 Å². The molecular formula is C15H16FN3O2. The number of hydrogen-bond acceptors (Lipinski definition) is 4. The number of nitrogens with two attached hydrogens (primary N) is 1. The first kappa shape index (κ1) is 13.8. The van der Waals surface area contributed by atoms with Gasteiger partial charge in [-0.15, -0.1) is 0 Å². The number of hydrogen-bond donors (Lipinski definition) is 3. The molecule has 0 radical (unpaired) electrons. The maximum atomic E-state index is 14.3. The summed E-state index contributed by atoms with van der Waals surface area (Å²) in [4.78, 5) is 11.1. The van der Waals surface area contributed by atoms with Crippen LogP contribution in [0.25, 0.3) is 10.8 Å². The van der Waals surface area contributed by atoms with Gasteiger partial charge < -0.3 is 10.5 Å². The van der Waals surface area contributed by atoms with Crippen LogP contribution in [-0.2, 0) is 4.74 Å². The van der Waals surface area contributed by atoms with Gasteiger partial charge in [0.25, 0.3) is 0 Å². The first-order valence-corrected chi connectivity index (χ1v) is 6.73. The van der Waals surface area contributed by atoms with E-state index < -0.39 is 18.4 Å². The molecule has 1 unspecified atom stereocenters. The van der Waals surface area contributed by atoms with Crippen LogP contribution >= 0.6 is 0 Å². The van der Waals surface area contributed by atoms with Gasteiger partial charge >= 0.3 is 6.09 Å². The fraction of sp³-hybridized carbons (Fsp3) is 0.267. The first-order valence-electron chi connectivity index (χ1n) is 6.73. The second-order valence-corrected chi connectivity index (χ2v) is 5.14. The minimum absolute atomic E-state index is 0.311. The Balaban J connectivity index is 1.99. The van der Waals surface area contributed by atoms with Gasteiger partial charge in [0.05, 0.1) is 6.04 Å². The Labute approximate surface area is 121 Å². The van der Waals surface area contributed by atoms with Gasteiger partial charge in [-0.25, -0.2) is 9.18 Å². The SMILES string of the molecule is C[C@H](c1c(F)ccc2ccccc12)[C@H](N)C1NNC(=O)O1. The number of rotatable bonds is 3. The summed E-state index contributed by atoms with van der Waals surface area (Å²) < 4.78 is 19.3. The second-order valence-electron chi connectivity index (χ2n) is 5.14. The van der Waals surface area contributed by atoms with Crippen molar-refractivity contribution in [2.75, 3.05) is 0 Å². The molecule has 0 aliphatic carbocycles. The summed E-state index contributed by atoms with van der Waals surface area (Å²) >= 11 is 0. The third-order valence-electron chi connectivity index (χ3n) is 3.85. The Hall–Kier alpha value is -2.18. The van der Waals surface area contributed by atoms with Crippen LogP contribution in [0.4, 0.5) is 9.18 Å². The minimum atomic E-state index is -0.689. The highest BCUT2D eigenvalue weighted by molar-refractivity contribution is 5.86. The van der Waals surface area contributed by atoms with Crippen molar-refractivity contribution in [1.82, 2.24) is 10.9 Å². The molecule has 1 saturated heterocycles. The topological polar surface area (TPSA) is 76.4 Å². The van der Waals surface area contributed by atoms with E-state index in [1.807, 2.05) is 31.2 Å². The quantitative estimate of drug-likeness (QED) is 0.807. The first-order chi connectivity index (χ1) is 10.1. The molecule has 1 fully saturated rings. The fourth-order valence-electron chi connectivity index (χ4n) is 2.67. The van der Waals surface area contributed by atoms with Crippen molar-refractivity contribution in [3.63, 3.8) is 0 Å². The van der Waals surface area contributed by atoms with E-state index >= 15 is 0 Å². The molecule has 1 aliphatic rings. The number of cyclic esters (lactones) is 1. The second kappa shape index (κ2) is 5.31. The molecule has 2 aromatic rings. The number of ether oxygens (including phenoxy) is 1. The molecule has 3 rings (SSSR count). The van der Waals surface area contributed by atoms with Crippen molar-refractivity contribution in [3.8, 4) is 0 Å². The van der Waals surface area contributed by atoms with Crippen LogP contribution in [0, 0.1) is 5.82 Å². The highest BCUT2D eigenvalue weighted by Gasteiger charge is 2.33. The van der Waals surface area contributed by atoms with Gasteiger partial charge in [-0.3, -0.25) is 5.43 Å². The summed E-state index contributed by atoms with van der Waals surface area (Å²) in [7, 11) is 0. The predicted octanol–water partition coefficient (Wildman–Crippen LogP) is 1.98. The smallest absolute Gasteiger partial charge is 0.423 e. The van der Waals surface area contributed by atoms with Crippen LogP contribution in [0.3, 0.4) is 0 Å². The maximum absolute atomic E-state index is 14.3. The van der Waals surface area contributed by atoms with E-state index in [4.69, 9.17) is 10.5 Å². The van der Waals surface area contributed by atoms with Crippen molar-refractivity contribution in [3.05, 3.63) is 47.8 Å². The lowest BCUT2D eigenvalue weighted by Crippen LogP contribution is -2.47. The zero-order chi connectivity index (χ0) is 15.0. The van der Waals surface area contributed by atoms with Gasteiger partial charge in [0.2, 0.25) is 0 Å². The summed E-state index contributed by atoms with van der Waals surface area (Å²) in [5.41, 5.74) is 11.6. The lowest BCUT2D eigenvalue weighted by atomic mass is 9.88. The molecule has 0 saturated carbocycles. The Morgan fingerprint density at radius 3 is 2.76 bits per heavy atom. The predicted molar refractivity (Wildman–Crippen MR) is 76.8 cm³/mol. The number of carbonyl (C=O) groups excluding carboxylic acids is 1. The van der Waals surface area contributed by atoms with Crippen molar-refractivity contribution >= 4 is 16.9 Å². The standard InChI is InChI=1S/C15H16FN3O2/c1-8(13(17)14-18-19-15(20)21-14)12-10-5-3-2-4-9(10)6-7-11(12)16/h2-8,13-14,18H,17H2,1H3,(H,19,20)/t8-,13+,14?/m1/s1. The van der Waals surface area contributed by atoms with Gasteiger partial charge in [0.15, 0.2) is 6.23 Å². The Kier molecular flexibility index (Phi) is 3.48. The van der Waals surface area contributed by atoms with Crippen LogP contribution in [0.15, 0.2) is 36.4 Å². The van der Waals surface area contributed by atoms with Crippen LogP contribution in [0.1, 0.15) is 18.4 Å². The molecule has 21 heavy (non-hydrogen) atoms. The molecule has 4 N–H and O–H groups in total. The number of benzene rings is 2. The van der Waals surface area contributed by atoms with Crippen LogP contribution < -0.4 is 16.6 Å². The number of hydrazine groups is 1. The molecule has 6 heteroatoms. The van der Waals surface area contributed by atoms with Gasteiger partial charge in [-0.1, -0.05) is 37.3 Å². The number of carbonyl (C=O) groups is 1. The van der Waals surface area contributed by atoms with Gasteiger partial charge in [0.1, 0.15) is 5.82 Å². The van der Waals surface area contributed by atoms with Crippen molar-refractivity contribution < 1.29 is 13.9 Å². The Morgan fingerprint density at radius 2 is 2.05 bits per heavy atom. The van der Waals surface area contributed by atoms with Crippen molar-refractivity contribution in [2.24, 2.45) is 5.73 Å². The average molecular weight is 289 g/mol. The lowest BCUT2D eigenvalue weighted by Gasteiger charge is -2.25. The highest BCUT2D eigenvalue weighted by Crippen LogP contribution is 2.31. The van der Waals surface area contributed by atoms with Gasteiger partial charge in [0, 0.05) is 11.5 Å². The Bertz CT molecular complexity index is 692. The fourth-order valence-corrected chi connectivity index (χ4v) is 2.67. The highest BCUT2D eigenvalue weighted by atomic mass is 19.1. The minimum Gasteiger partial charge on any atom is -0.426 e. The molecule has 110 valence electrons. The number of halogens is 1.